The van der Waals surface area contributed by atoms with Crippen molar-refractivity contribution in [2.45, 2.75) is 13.0 Å². The maximum Gasteiger partial charge on any atom is 0.134 e. The van der Waals surface area contributed by atoms with Gasteiger partial charge in [0.25, 0.3) is 0 Å². The number of fused-ring (bicyclic) bond motifs is 1. The maximum absolute atomic E-state index is 5.99. The Hall–Kier alpha value is -1.07. The first-order valence-corrected chi connectivity index (χ1v) is 7.11. The fraction of sp³-hybridized carbons (Fsp3) is 0.467. The van der Waals surface area contributed by atoms with Crippen molar-refractivity contribution in [3.8, 4) is 0 Å². The second kappa shape index (κ2) is 7.64. The third-order valence-corrected chi connectivity index (χ3v) is 3.24. The fourth-order valence-corrected chi connectivity index (χ4v) is 2.22. The molecule has 1 atom stereocenters. The number of rotatable bonds is 8. The zero-order valence-corrected chi connectivity index (χ0v) is 12.6. The van der Waals surface area contributed by atoms with Crippen LogP contribution in [0.25, 0.3) is 11.0 Å². The van der Waals surface area contributed by atoms with E-state index in [0.29, 0.717) is 24.8 Å². The van der Waals surface area contributed by atoms with Crippen LogP contribution in [0.5, 0.6) is 0 Å². The monoisotopic (exact) mass is 297 g/mol. The van der Waals surface area contributed by atoms with Crippen molar-refractivity contribution >= 4 is 22.6 Å². The Morgan fingerprint density at radius 2 is 2.15 bits per heavy atom. The Kier molecular flexibility index (Phi) is 5.86. The van der Waals surface area contributed by atoms with E-state index >= 15 is 0 Å². The number of methoxy groups -OCH3 is 1. The molecule has 0 aliphatic heterocycles. The van der Waals surface area contributed by atoms with Crippen LogP contribution in [-0.2, 0) is 9.47 Å². The maximum atomic E-state index is 5.99. The van der Waals surface area contributed by atoms with Gasteiger partial charge in [-0.15, -0.1) is 0 Å². The summed E-state index contributed by atoms with van der Waals surface area (Å²) in [5, 5.41) is 5.08. The van der Waals surface area contributed by atoms with E-state index in [4.69, 9.17) is 25.5 Å². The summed E-state index contributed by atoms with van der Waals surface area (Å²) in [6.07, 6.45) is 0. The normalized spacial score (nSPS) is 12.9. The standard InChI is InChI=1S/C15H20ClNO3/c1-3-17-13(10-19-7-6-18-2)15-9-11-8-12(16)4-5-14(11)20-15/h4-5,8-9,13,17H,3,6-7,10H2,1-2H3. The predicted octanol–water partition coefficient (Wildman–Crippen LogP) is 3.40. The molecule has 0 amide bonds. The first kappa shape index (κ1) is 15.3. The van der Waals surface area contributed by atoms with Gasteiger partial charge in [-0.05, 0) is 30.8 Å². The van der Waals surface area contributed by atoms with E-state index in [1.807, 2.05) is 24.3 Å². The number of ether oxygens (including phenoxy) is 2. The Balaban J connectivity index is 2.09. The molecule has 2 rings (SSSR count). The van der Waals surface area contributed by atoms with Crippen molar-refractivity contribution in [3.05, 3.63) is 35.0 Å². The molecule has 4 nitrogen and oxygen atoms in total. The van der Waals surface area contributed by atoms with Crippen molar-refractivity contribution in [2.75, 3.05) is 33.5 Å². The van der Waals surface area contributed by atoms with Crippen molar-refractivity contribution in [1.29, 1.82) is 0 Å². The molecule has 1 heterocycles. The van der Waals surface area contributed by atoms with E-state index < -0.39 is 0 Å². The van der Waals surface area contributed by atoms with Crippen molar-refractivity contribution < 1.29 is 13.9 Å². The molecular formula is C15H20ClNO3. The molecule has 1 N–H and O–H groups in total. The highest BCUT2D eigenvalue weighted by Gasteiger charge is 2.15. The van der Waals surface area contributed by atoms with Crippen LogP contribution in [0.3, 0.4) is 0 Å². The van der Waals surface area contributed by atoms with Gasteiger partial charge in [-0.1, -0.05) is 18.5 Å². The molecule has 0 aliphatic carbocycles. The Bertz CT molecular complexity index is 541. The van der Waals surface area contributed by atoms with Gasteiger partial charge in [0.2, 0.25) is 0 Å². The van der Waals surface area contributed by atoms with Gasteiger partial charge in [0, 0.05) is 17.5 Å². The van der Waals surface area contributed by atoms with Gasteiger partial charge in [-0.25, -0.2) is 0 Å². The molecule has 5 heteroatoms. The number of furan rings is 1. The zero-order chi connectivity index (χ0) is 14.4. The molecule has 1 unspecified atom stereocenters. The molecule has 1 aromatic carbocycles. The van der Waals surface area contributed by atoms with Gasteiger partial charge < -0.3 is 19.2 Å². The second-order valence-electron chi connectivity index (χ2n) is 4.51. The fourth-order valence-electron chi connectivity index (χ4n) is 2.04. The topological polar surface area (TPSA) is 43.6 Å². The third-order valence-electron chi connectivity index (χ3n) is 3.01. The molecular weight excluding hydrogens is 278 g/mol. The zero-order valence-electron chi connectivity index (χ0n) is 11.8. The lowest BCUT2D eigenvalue weighted by atomic mass is 10.2. The molecule has 20 heavy (non-hydrogen) atoms. The van der Waals surface area contributed by atoms with E-state index in [-0.39, 0.29) is 6.04 Å². The van der Waals surface area contributed by atoms with E-state index in [0.717, 1.165) is 23.3 Å². The van der Waals surface area contributed by atoms with Crippen LogP contribution in [0.4, 0.5) is 0 Å². The summed E-state index contributed by atoms with van der Waals surface area (Å²) in [7, 11) is 1.66. The second-order valence-corrected chi connectivity index (χ2v) is 4.95. The number of hydrogen-bond donors (Lipinski definition) is 1. The summed E-state index contributed by atoms with van der Waals surface area (Å²) in [4.78, 5) is 0. The molecule has 0 aliphatic rings. The van der Waals surface area contributed by atoms with Gasteiger partial charge in [0.05, 0.1) is 25.9 Å². The Morgan fingerprint density at radius 3 is 2.90 bits per heavy atom. The van der Waals surface area contributed by atoms with Crippen LogP contribution in [-0.4, -0.2) is 33.5 Å². The highest BCUT2D eigenvalue weighted by atomic mass is 35.5. The van der Waals surface area contributed by atoms with Gasteiger partial charge >= 0.3 is 0 Å². The summed E-state index contributed by atoms with van der Waals surface area (Å²) in [5.74, 6) is 0.863. The summed E-state index contributed by atoms with van der Waals surface area (Å²) in [6, 6.07) is 7.65. The van der Waals surface area contributed by atoms with Gasteiger partial charge in [-0.3, -0.25) is 0 Å². The number of nitrogens with one attached hydrogen (secondary N) is 1. The van der Waals surface area contributed by atoms with Crippen LogP contribution in [0.1, 0.15) is 18.7 Å². The number of hydrogen-bond acceptors (Lipinski definition) is 4. The molecule has 0 bridgehead atoms. The van der Waals surface area contributed by atoms with E-state index in [1.165, 1.54) is 0 Å². The van der Waals surface area contributed by atoms with Gasteiger partial charge in [0.1, 0.15) is 11.3 Å². The quantitative estimate of drug-likeness (QED) is 0.759. The van der Waals surface area contributed by atoms with Crippen LogP contribution in [0.2, 0.25) is 5.02 Å². The number of likely N-dealkylation sites (N-methyl/N-ethyl adjacent to an activating group) is 1. The molecule has 0 spiro atoms. The Labute approximate surface area is 124 Å². The first-order valence-electron chi connectivity index (χ1n) is 6.73. The van der Waals surface area contributed by atoms with Gasteiger partial charge in [0.15, 0.2) is 0 Å². The van der Waals surface area contributed by atoms with Crippen molar-refractivity contribution in [2.24, 2.45) is 0 Å². The minimum absolute atomic E-state index is 0.0306. The predicted molar refractivity (Wildman–Crippen MR) is 80.3 cm³/mol. The summed E-state index contributed by atoms with van der Waals surface area (Å²) >= 11 is 5.99. The minimum atomic E-state index is 0.0306. The van der Waals surface area contributed by atoms with Crippen LogP contribution >= 0.6 is 11.6 Å². The average molecular weight is 298 g/mol. The number of benzene rings is 1. The molecule has 0 saturated heterocycles. The molecule has 0 fully saturated rings. The lowest BCUT2D eigenvalue weighted by Crippen LogP contribution is -2.25. The molecule has 110 valence electrons. The Morgan fingerprint density at radius 1 is 1.30 bits per heavy atom. The summed E-state index contributed by atoms with van der Waals surface area (Å²) in [5.41, 5.74) is 0.837. The summed E-state index contributed by atoms with van der Waals surface area (Å²) in [6.45, 7) is 4.61. The molecule has 1 aromatic heterocycles. The highest BCUT2D eigenvalue weighted by molar-refractivity contribution is 6.31. The number of halogens is 1. The highest BCUT2D eigenvalue weighted by Crippen LogP contribution is 2.26. The first-order chi connectivity index (χ1) is 9.74. The van der Waals surface area contributed by atoms with Crippen molar-refractivity contribution in [3.63, 3.8) is 0 Å². The molecule has 0 saturated carbocycles. The molecule has 0 radical (unpaired) electrons. The average Bonchev–Trinajstić information content (AvgIpc) is 2.85. The lowest BCUT2D eigenvalue weighted by molar-refractivity contribution is 0.0559. The van der Waals surface area contributed by atoms with Crippen LogP contribution in [0, 0.1) is 0 Å². The van der Waals surface area contributed by atoms with Gasteiger partial charge in [-0.2, -0.15) is 0 Å². The van der Waals surface area contributed by atoms with Crippen LogP contribution < -0.4 is 5.32 Å². The largest absolute Gasteiger partial charge is 0.459 e. The smallest absolute Gasteiger partial charge is 0.134 e. The van der Waals surface area contributed by atoms with E-state index in [1.54, 1.807) is 7.11 Å². The molecule has 2 aromatic rings. The summed E-state index contributed by atoms with van der Waals surface area (Å²) < 4.78 is 16.4. The van der Waals surface area contributed by atoms with Crippen molar-refractivity contribution in [1.82, 2.24) is 5.32 Å². The van der Waals surface area contributed by atoms with E-state index in [2.05, 4.69) is 12.2 Å². The SMILES string of the molecule is CCNC(COCCOC)c1cc2cc(Cl)ccc2o1. The van der Waals surface area contributed by atoms with E-state index in [9.17, 15) is 0 Å². The minimum Gasteiger partial charge on any atom is -0.459 e. The van der Waals surface area contributed by atoms with Crippen LogP contribution in [0.15, 0.2) is 28.7 Å². The third kappa shape index (κ3) is 3.96. The lowest BCUT2D eigenvalue weighted by Gasteiger charge is -2.15.